The first-order valence-electron chi connectivity index (χ1n) is 5.31. The number of nitrogens with two attached hydrogens (primary N) is 1. The van der Waals surface area contributed by atoms with Gasteiger partial charge in [0.05, 0.1) is 0 Å². The van der Waals surface area contributed by atoms with Crippen LogP contribution < -0.4 is 10.6 Å². The van der Waals surface area contributed by atoms with Gasteiger partial charge in [-0.1, -0.05) is 0 Å². The molecule has 0 aromatic carbocycles. The van der Waals surface area contributed by atoms with E-state index in [1.54, 1.807) is 12.1 Å². The fourth-order valence-corrected chi connectivity index (χ4v) is 1.91. The van der Waals surface area contributed by atoms with Crippen molar-refractivity contribution in [2.75, 3.05) is 18.0 Å². The third-order valence-corrected chi connectivity index (χ3v) is 2.73. The van der Waals surface area contributed by atoms with Gasteiger partial charge in [-0.3, -0.25) is 9.78 Å². The summed E-state index contributed by atoms with van der Waals surface area (Å²) in [6.45, 7) is 1.19. The molecule has 2 rings (SSSR count). The highest BCUT2D eigenvalue weighted by atomic mass is 19.1. The number of nitrogens with zero attached hydrogens (tertiary/aromatic N) is 2. The molecule has 1 aromatic heterocycles. The zero-order valence-electron chi connectivity index (χ0n) is 8.90. The minimum atomic E-state index is -0.793. The summed E-state index contributed by atoms with van der Waals surface area (Å²) in [4.78, 5) is 16.7. The molecule has 1 aromatic rings. The summed E-state index contributed by atoms with van der Waals surface area (Å²) < 4.78 is 13.2. The Labute approximate surface area is 93.3 Å². The van der Waals surface area contributed by atoms with Crippen LogP contribution in [0.2, 0.25) is 0 Å². The topological polar surface area (TPSA) is 59.2 Å². The Morgan fingerprint density at radius 2 is 2.44 bits per heavy atom. The Morgan fingerprint density at radius 1 is 1.62 bits per heavy atom. The maximum atomic E-state index is 13.2. The summed E-state index contributed by atoms with van der Waals surface area (Å²) in [6.07, 6.45) is 2.18. The number of pyridine rings is 1. The van der Waals surface area contributed by atoms with Gasteiger partial charge in [0.25, 0.3) is 5.91 Å². The molecule has 1 fully saturated rings. The minimum absolute atomic E-state index is 0.221. The monoisotopic (exact) mass is 223 g/mol. The fraction of sp³-hybridized carbons (Fsp3) is 0.455. The van der Waals surface area contributed by atoms with E-state index in [-0.39, 0.29) is 5.69 Å². The van der Waals surface area contributed by atoms with E-state index in [9.17, 15) is 9.18 Å². The molecule has 2 heterocycles. The second kappa shape index (κ2) is 4.47. The number of amides is 1. The van der Waals surface area contributed by atoms with Gasteiger partial charge >= 0.3 is 0 Å². The lowest BCUT2D eigenvalue weighted by Crippen LogP contribution is -2.36. The summed E-state index contributed by atoms with van der Waals surface area (Å²) in [5, 5.41) is 0. The maximum Gasteiger partial charge on any atom is 0.267 e. The summed E-state index contributed by atoms with van der Waals surface area (Å²) >= 11 is 0. The van der Waals surface area contributed by atoms with Crippen LogP contribution >= 0.6 is 0 Å². The van der Waals surface area contributed by atoms with Crippen LogP contribution in [0.5, 0.6) is 0 Å². The van der Waals surface area contributed by atoms with E-state index in [1.807, 2.05) is 4.90 Å². The van der Waals surface area contributed by atoms with Crippen molar-refractivity contribution in [3.63, 3.8) is 0 Å². The van der Waals surface area contributed by atoms with Crippen LogP contribution in [0.15, 0.2) is 18.3 Å². The number of alkyl halides is 1. The van der Waals surface area contributed by atoms with Crippen molar-refractivity contribution in [3.8, 4) is 0 Å². The molecule has 4 nitrogen and oxygen atoms in total. The number of anilines is 1. The molecule has 2 N–H and O–H groups in total. The van der Waals surface area contributed by atoms with Crippen LogP contribution in [0.4, 0.5) is 10.1 Å². The Kier molecular flexibility index (Phi) is 3.03. The first-order chi connectivity index (χ1) is 7.66. The molecule has 0 unspecified atom stereocenters. The van der Waals surface area contributed by atoms with E-state index in [0.717, 1.165) is 18.7 Å². The molecule has 0 saturated carbocycles. The van der Waals surface area contributed by atoms with Crippen molar-refractivity contribution in [2.24, 2.45) is 5.73 Å². The van der Waals surface area contributed by atoms with Crippen molar-refractivity contribution in [2.45, 2.75) is 19.0 Å². The van der Waals surface area contributed by atoms with Crippen LogP contribution in [0, 0.1) is 0 Å². The summed E-state index contributed by atoms with van der Waals surface area (Å²) in [5.41, 5.74) is 6.18. The summed E-state index contributed by atoms with van der Waals surface area (Å²) in [6, 6.07) is 3.38. The number of primary amides is 1. The van der Waals surface area contributed by atoms with E-state index in [1.165, 1.54) is 6.20 Å². The zero-order chi connectivity index (χ0) is 11.5. The molecule has 0 bridgehead atoms. The average molecular weight is 223 g/mol. The number of carbonyl (C=O) groups excluding carboxylic acids is 1. The van der Waals surface area contributed by atoms with Gasteiger partial charge in [-0.2, -0.15) is 0 Å². The standard InChI is InChI=1S/C11H14FN3O/c12-8-2-1-5-15(7-8)9-3-4-14-10(6-9)11(13)16/h3-4,6,8H,1-2,5,7H2,(H2,13,16)/t8-/m0/s1. The lowest BCUT2D eigenvalue weighted by atomic mass is 10.1. The lowest BCUT2D eigenvalue weighted by Gasteiger charge is -2.30. The van der Waals surface area contributed by atoms with Gasteiger partial charge in [0, 0.05) is 25.0 Å². The van der Waals surface area contributed by atoms with Gasteiger partial charge < -0.3 is 10.6 Å². The van der Waals surface area contributed by atoms with Gasteiger partial charge in [0.2, 0.25) is 0 Å². The van der Waals surface area contributed by atoms with Crippen molar-refractivity contribution >= 4 is 11.6 Å². The van der Waals surface area contributed by atoms with Crippen molar-refractivity contribution in [1.82, 2.24) is 4.98 Å². The zero-order valence-corrected chi connectivity index (χ0v) is 8.90. The van der Waals surface area contributed by atoms with Gasteiger partial charge in [-0.25, -0.2) is 4.39 Å². The van der Waals surface area contributed by atoms with Gasteiger partial charge in [0.1, 0.15) is 11.9 Å². The third-order valence-electron chi connectivity index (χ3n) is 2.73. The Hall–Kier alpha value is -1.65. The summed E-state index contributed by atoms with van der Waals surface area (Å²) in [5.74, 6) is -0.560. The highest BCUT2D eigenvalue weighted by Gasteiger charge is 2.19. The molecule has 16 heavy (non-hydrogen) atoms. The predicted octanol–water partition coefficient (Wildman–Crippen LogP) is 1.12. The number of hydrogen-bond acceptors (Lipinski definition) is 3. The average Bonchev–Trinajstić information content (AvgIpc) is 2.29. The van der Waals surface area contributed by atoms with Crippen molar-refractivity contribution in [1.29, 1.82) is 0 Å². The van der Waals surface area contributed by atoms with Gasteiger partial charge in [-0.05, 0) is 25.0 Å². The molecule has 1 aliphatic rings. The number of rotatable bonds is 2. The number of hydrogen-bond donors (Lipinski definition) is 1. The Bertz CT molecular complexity index is 397. The molecule has 5 heteroatoms. The third kappa shape index (κ3) is 2.29. The number of carbonyl (C=O) groups is 1. The SMILES string of the molecule is NC(=O)c1cc(N2CCC[C@H](F)C2)ccn1. The molecule has 0 spiro atoms. The molecule has 1 amide bonds. The molecule has 86 valence electrons. The van der Waals surface area contributed by atoms with Gasteiger partial charge in [-0.15, -0.1) is 0 Å². The van der Waals surface area contributed by atoms with E-state index in [4.69, 9.17) is 5.73 Å². The van der Waals surface area contributed by atoms with Gasteiger partial charge in [0.15, 0.2) is 0 Å². The molecular formula is C11H14FN3O. The van der Waals surface area contributed by atoms with E-state index >= 15 is 0 Å². The fourth-order valence-electron chi connectivity index (χ4n) is 1.91. The predicted molar refractivity (Wildman–Crippen MR) is 59.1 cm³/mol. The highest BCUT2D eigenvalue weighted by molar-refractivity contribution is 5.91. The first-order valence-corrected chi connectivity index (χ1v) is 5.31. The van der Waals surface area contributed by atoms with E-state index in [0.29, 0.717) is 13.0 Å². The van der Waals surface area contributed by atoms with Crippen LogP contribution in [-0.4, -0.2) is 30.2 Å². The van der Waals surface area contributed by atoms with E-state index in [2.05, 4.69) is 4.98 Å². The normalized spacial score (nSPS) is 20.8. The Balaban J connectivity index is 2.19. The van der Waals surface area contributed by atoms with Crippen LogP contribution in [0.3, 0.4) is 0 Å². The highest BCUT2D eigenvalue weighted by Crippen LogP contribution is 2.21. The van der Waals surface area contributed by atoms with E-state index < -0.39 is 12.1 Å². The molecule has 1 aliphatic heterocycles. The second-order valence-corrected chi connectivity index (χ2v) is 3.95. The van der Waals surface area contributed by atoms with Crippen LogP contribution in [0.25, 0.3) is 0 Å². The number of piperidine rings is 1. The molecule has 0 radical (unpaired) electrons. The van der Waals surface area contributed by atoms with Crippen molar-refractivity contribution < 1.29 is 9.18 Å². The molecule has 1 saturated heterocycles. The maximum absolute atomic E-state index is 13.2. The second-order valence-electron chi connectivity index (χ2n) is 3.95. The number of aromatic nitrogens is 1. The van der Waals surface area contributed by atoms with Crippen LogP contribution in [0.1, 0.15) is 23.3 Å². The smallest absolute Gasteiger partial charge is 0.267 e. The summed E-state index contributed by atoms with van der Waals surface area (Å²) in [7, 11) is 0. The molecular weight excluding hydrogens is 209 g/mol. The lowest BCUT2D eigenvalue weighted by molar-refractivity contribution is 0.0995. The first kappa shape index (κ1) is 10.9. The van der Waals surface area contributed by atoms with Crippen LogP contribution in [-0.2, 0) is 0 Å². The Morgan fingerprint density at radius 3 is 3.12 bits per heavy atom. The van der Waals surface area contributed by atoms with Crippen molar-refractivity contribution in [3.05, 3.63) is 24.0 Å². The number of halogens is 1. The molecule has 1 atom stereocenters. The molecule has 0 aliphatic carbocycles. The quantitative estimate of drug-likeness (QED) is 0.817. The minimum Gasteiger partial charge on any atom is -0.369 e. The largest absolute Gasteiger partial charge is 0.369 e.